The second kappa shape index (κ2) is 5.79. The average Bonchev–Trinajstić information content (AvgIpc) is 2.68. The van der Waals surface area contributed by atoms with Gasteiger partial charge in [0.1, 0.15) is 11.4 Å². The Balaban J connectivity index is 2.11. The number of fused-ring (bicyclic) bond motifs is 1. The van der Waals surface area contributed by atoms with Gasteiger partial charge < -0.3 is 10.1 Å². The summed E-state index contributed by atoms with van der Waals surface area (Å²) < 4.78 is 6.07. The van der Waals surface area contributed by atoms with Crippen LogP contribution in [-0.2, 0) is 6.42 Å². The number of hydrogen-bond acceptors (Lipinski definition) is 2. The highest BCUT2D eigenvalue weighted by molar-refractivity contribution is 5.62. The predicted octanol–water partition coefficient (Wildman–Crippen LogP) is 3.80. The number of benzene rings is 1. The average molecular weight is 259 g/mol. The Bertz CT molecular complexity index is 462. The van der Waals surface area contributed by atoms with Gasteiger partial charge in [-0.15, -0.1) is 0 Å². The van der Waals surface area contributed by atoms with Gasteiger partial charge in [-0.05, 0) is 39.3 Å². The van der Waals surface area contributed by atoms with Crippen molar-refractivity contribution in [3.8, 4) is 5.75 Å². The smallest absolute Gasteiger partial charge is 0.130 e. The van der Waals surface area contributed by atoms with Gasteiger partial charge in [0.2, 0.25) is 0 Å². The van der Waals surface area contributed by atoms with Crippen molar-refractivity contribution in [2.24, 2.45) is 0 Å². The van der Waals surface area contributed by atoms with E-state index in [9.17, 15) is 0 Å². The van der Waals surface area contributed by atoms with Crippen molar-refractivity contribution in [3.05, 3.63) is 35.4 Å². The number of rotatable bonds is 5. The Labute approximate surface area is 116 Å². The van der Waals surface area contributed by atoms with Crippen LogP contribution in [-0.4, -0.2) is 18.2 Å². The summed E-state index contributed by atoms with van der Waals surface area (Å²) in [5.74, 6) is 1.06. The summed E-state index contributed by atoms with van der Waals surface area (Å²) in [5, 5.41) is 3.46. The lowest BCUT2D eigenvalue weighted by molar-refractivity contribution is 0.138. The molecule has 1 aromatic rings. The summed E-state index contributed by atoms with van der Waals surface area (Å²) in [6.45, 7) is 9.71. The van der Waals surface area contributed by atoms with Gasteiger partial charge in [-0.1, -0.05) is 37.3 Å². The second-order valence-corrected chi connectivity index (χ2v) is 5.98. The van der Waals surface area contributed by atoms with Gasteiger partial charge in [-0.25, -0.2) is 0 Å². The van der Waals surface area contributed by atoms with Gasteiger partial charge in [-0.3, -0.25) is 0 Å². The van der Waals surface area contributed by atoms with Crippen LogP contribution in [0.15, 0.2) is 24.3 Å². The van der Waals surface area contributed by atoms with Crippen LogP contribution in [0.4, 0.5) is 0 Å². The third-order valence-corrected chi connectivity index (χ3v) is 3.40. The fraction of sp³-hybridized carbons (Fsp3) is 0.529. The maximum atomic E-state index is 6.07. The van der Waals surface area contributed by atoms with E-state index in [1.807, 2.05) is 0 Å². The minimum atomic E-state index is -0.0711. The Hall–Kier alpha value is -1.28. The van der Waals surface area contributed by atoms with Crippen LogP contribution in [0.25, 0.3) is 6.08 Å². The molecule has 0 saturated carbocycles. The number of ether oxygens (including phenoxy) is 1. The summed E-state index contributed by atoms with van der Waals surface area (Å²) in [4.78, 5) is 0. The summed E-state index contributed by atoms with van der Waals surface area (Å²) in [6.07, 6.45) is 6.54. The quantitative estimate of drug-likeness (QED) is 0.868. The molecule has 1 heterocycles. The molecule has 2 rings (SSSR count). The van der Waals surface area contributed by atoms with Crippen molar-refractivity contribution in [1.29, 1.82) is 0 Å². The molecule has 1 aliphatic heterocycles. The first-order chi connectivity index (χ1) is 9.02. The first-order valence-corrected chi connectivity index (χ1v) is 7.24. The Morgan fingerprint density at radius 1 is 1.42 bits per heavy atom. The fourth-order valence-corrected chi connectivity index (χ4v) is 2.46. The first-order valence-electron chi connectivity index (χ1n) is 7.24. The van der Waals surface area contributed by atoms with Crippen molar-refractivity contribution < 1.29 is 4.74 Å². The minimum Gasteiger partial charge on any atom is -0.487 e. The molecular formula is C17H25NO. The molecule has 1 atom stereocenters. The predicted molar refractivity (Wildman–Crippen MR) is 81.6 cm³/mol. The lowest BCUT2D eigenvalue weighted by Crippen LogP contribution is -2.25. The third kappa shape index (κ3) is 3.60. The standard InChI is InChI=1S/C17H25NO/c1-5-11-18-13(2)9-10-14-7-6-8-15-12-17(3,4)19-16(14)15/h6-10,13,18H,5,11-12H2,1-4H3/b10-9+. The largest absolute Gasteiger partial charge is 0.487 e. The monoisotopic (exact) mass is 259 g/mol. The molecule has 2 heteroatoms. The van der Waals surface area contributed by atoms with E-state index in [-0.39, 0.29) is 5.60 Å². The molecular weight excluding hydrogens is 234 g/mol. The van der Waals surface area contributed by atoms with E-state index in [1.54, 1.807) is 0 Å². The summed E-state index contributed by atoms with van der Waals surface area (Å²) in [6, 6.07) is 6.81. The van der Waals surface area contributed by atoms with E-state index in [1.165, 1.54) is 11.1 Å². The molecule has 0 spiro atoms. The third-order valence-electron chi connectivity index (χ3n) is 3.40. The summed E-state index contributed by atoms with van der Waals surface area (Å²) in [7, 11) is 0. The highest BCUT2D eigenvalue weighted by atomic mass is 16.5. The highest BCUT2D eigenvalue weighted by Gasteiger charge is 2.30. The van der Waals surface area contributed by atoms with Crippen molar-refractivity contribution in [2.75, 3.05) is 6.54 Å². The van der Waals surface area contributed by atoms with Crippen molar-refractivity contribution in [1.82, 2.24) is 5.32 Å². The van der Waals surface area contributed by atoms with Crippen LogP contribution < -0.4 is 10.1 Å². The van der Waals surface area contributed by atoms with E-state index in [4.69, 9.17) is 4.74 Å². The van der Waals surface area contributed by atoms with Gasteiger partial charge in [0.05, 0.1) is 0 Å². The minimum absolute atomic E-state index is 0.0711. The van der Waals surface area contributed by atoms with Crippen molar-refractivity contribution in [3.63, 3.8) is 0 Å². The van der Waals surface area contributed by atoms with Crippen LogP contribution in [0.5, 0.6) is 5.75 Å². The molecule has 2 nitrogen and oxygen atoms in total. The summed E-state index contributed by atoms with van der Waals surface area (Å²) in [5.41, 5.74) is 2.44. The zero-order valence-corrected chi connectivity index (χ0v) is 12.5. The first kappa shape index (κ1) is 14.1. The molecule has 0 bridgehead atoms. The Kier molecular flexibility index (Phi) is 4.31. The molecule has 0 radical (unpaired) electrons. The molecule has 1 unspecified atom stereocenters. The van der Waals surface area contributed by atoms with E-state index in [0.717, 1.165) is 25.1 Å². The van der Waals surface area contributed by atoms with Crippen LogP contribution in [0.2, 0.25) is 0 Å². The number of nitrogens with one attached hydrogen (secondary N) is 1. The molecule has 0 fully saturated rings. The van der Waals surface area contributed by atoms with Crippen LogP contribution in [0.3, 0.4) is 0 Å². The summed E-state index contributed by atoms with van der Waals surface area (Å²) >= 11 is 0. The molecule has 19 heavy (non-hydrogen) atoms. The molecule has 1 aromatic carbocycles. The van der Waals surface area contributed by atoms with E-state index >= 15 is 0 Å². The van der Waals surface area contributed by atoms with Crippen molar-refractivity contribution >= 4 is 6.08 Å². The molecule has 1 aliphatic rings. The Morgan fingerprint density at radius 2 is 2.21 bits per heavy atom. The SMILES string of the molecule is CCCNC(C)/C=C/c1cccc2c1OC(C)(C)C2. The van der Waals surface area contributed by atoms with E-state index in [0.29, 0.717) is 6.04 Å². The van der Waals surface area contributed by atoms with Crippen LogP contribution in [0, 0.1) is 0 Å². The maximum absolute atomic E-state index is 6.07. The van der Waals surface area contributed by atoms with E-state index in [2.05, 4.69) is 63.4 Å². The maximum Gasteiger partial charge on any atom is 0.130 e. The van der Waals surface area contributed by atoms with Gasteiger partial charge in [0, 0.05) is 18.0 Å². The molecule has 104 valence electrons. The molecule has 0 amide bonds. The fourth-order valence-electron chi connectivity index (χ4n) is 2.46. The van der Waals surface area contributed by atoms with Crippen molar-refractivity contribution in [2.45, 2.75) is 52.2 Å². The number of para-hydroxylation sites is 1. The Morgan fingerprint density at radius 3 is 2.95 bits per heavy atom. The topological polar surface area (TPSA) is 21.3 Å². The lowest BCUT2D eigenvalue weighted by Gasteiger charge is -2.17. The van der Waals surface area contributed by atoms with Crippen LogP contribution in [0.1, 0.15) is 45.2 Å². The normalized spacial score (nSPS) is 18.3. The zero-order chi connectivity index (χ0) is 13.9. The van der Waals surface area contributed by atoms with Gasteiger partial charge in [0.15, 0.2) is 0 Å². The molecule has 1 N–H and O–H groups in total. The van der Waals surface area contributed by atoms with Crippen LogP contribution >= 0.6 is 0 Å². The molecule has 0 aliphatic carbocycles. The van der Waals surface area contributed by atoms with Gasteiger partial charge in [-0.2, -0.15) is 0 Å². The van der Waals surface area contributed by atoms with Gasteiger partial charge >= 0.3 is 0 Å². The second-order valence-electron chi connectivity index (χ2n) is 5.98. The highest BCUT2D eigenvalue weighted by Crippen LogP contribution is 2.38. The molecule has 0 saturated heterocycles. The van der Waals surface area contributed by atoms with Gasteiger partial charge in [0.25, 0.3) is 0 Å². The zero-order valence-electron chi connectivity index (χ0n) is 12.5. The number of hydrogen-bond donors (Lipinski definition) is 1. The van der Waals surface area contributed by atoms with E-state index < -0.39 is 0 Å². The molecule has 0 aromatic heterocycles. The lowest BCUT2D eigenvalue weighted by atomic mass is 10.0.